The molecular weight excluding hydrogens is 285 g/mol. The van der Waals surface area contributed by atoms with E-state index in [0.717, 1.165) is 20.8 Å². The molecule has 0 amide bonds. The molecule has 0 saturated heterocycles. The fourth-order valence-corrected chi connectivity index (χ4v) is 0. The smallest absolute Gasteiger partial charge is 0.550 e. The summed E-state index contributed by atoms with van der Waals surface area (Å²) in [6.45, 7) is 2.92. The summed E-state index contributed by atoms with van der Waals surface area (Å²) in [4.78, 5) is 26.7. The molecule has 0 aromatic rings. The van der Waals surface area contributed by atoms with Gasteiger partial charge in [0.25, 0.3) is 0 Å². The third-order valence-corrected chi connectivity index (χ3v) is 0. The van der Waals surface area contributed by atoms with Crippen LogP contribution < -0.4 is 15.3 Å². The largest absolute Gasteiger partial charge is 3.00 e. The Bertz CT molecular complexity index is 116. The number of aliphatic carboxylic acids is 3. The average Bonchev–Trinajstić information content (AvgIpc) is 1.54. The molecule has 8 heteroatoms. The monoisotopic (exact) mass is 297 g/mol. The molecule has 0 aliphatic heterocycles. The average molecular weight is 296 g/mol. The normalized spacial score (nSPS) is 5.36. The fraction of sp³-hybridized carbons (Fsp3) is 0.500. The number of carbonyl (C=O) groups excluding carboxylic acids is 3. The van der Waals surface area contributed by atoms with E-state index in [-0.39, 0.29) is 25.0 Å². The SMILES string of the molecule is CC(=O)[O-].CC(=O)[O-].CC(=O)[O-].O.[Ru+3]. The van der Waals surface area contributed by atoms with Crippen molar-refractivity contribution in [2.45, 2.75) is 20.8 Å². The maximum absolute atomic E-state index is 8.89. The van der Waals surface area contributed by atoms with Gasteiger partial charge in [-0.15, -0.1) is 0 Å². The van der Waals surface area contributed by atoms with Crippen LogP contribution in [0.25, 0.3) is 0 Å². The van der Waals surface area contributed by atoms with Crippen LogP contribution in [0.4, 0.5) is 0 Å². The van der Waals surface area contributed by atoms with E-state index in [9.17, 15) is 0 Å². The van der Waals surface area contributed by atoms with E-state index in [1.54, 1.807) is 0 Å². The van der Waals surface area contributed by atoms with Crippen molar-refractivity contribution >= 4 is 17.9 Å². The minimum Gasteiger partial charge on any atom is -0.550 e. The Labute approximate surface area is 93.8 Å². The van der Waals surface area contributed by atoms with Gasteiger partial charge in [0.1, 0.15) is 0 Å². The van der Waals surface area contributed by atoms with Gasteiger partial charge in [0.05, 0.1) is 0 Å². The second-order valence-corrected chi connectivity index (χ2v) is 1.47. The van der Waals surface area contributed by atoms with Crippen molar-refractivity contribution in [3.63, 3.8) is 0 Å². The van der Waals surface area contributed by atoms with Crippen LogP contribution in [0.5, 0.6) is 0 Å². The van der Waals surface area contributed by atoms with Crippen molar-refractivity contribution in [2.24, 2.45) is 0 Å². The Morgan fingerprint density at radius 1 is 0.714 bits per heavy atom. The zero-order chi connectivity index (χ0) is 10.7. The second-order valence-electron chi connectivity index (χ2n) is 1.47. The van der Waals surface area contributed by atoms with Gasteiger partial charge in [0.2, 0.25) is 0 Å². The van der Waals surface area contributed by atoms with Gasteiger partial charge >= 0.3 is 19.5 Å². The molecule has 0 atom stereocenters. The standard InChI is InChI=1S/3C2H4O2.H2O.Ru/c3*1-2(3)4;;/h3*1H3,(H,3,4);1H2;/q;;;;+3/p-3. The summed E-state index contributed by atoms with van der Waals surface area (Å²) in [5.74, 6) is -3.25. The number of carbonyl (C=O) groups is 3. The van der Waals surface area contributed by atoms with Crippen LogP contribution in [-0.4, -0.2) is 23.4 Å². The minimum atomic E-state index is -1.08. The molecule has 0 rings (SSSR count). The molecular formula is C6H11O7Ru. The molecule has 1 radical (unpaired) electrons. The van der Waals surface area contributed by atoms with Gasteiger partial charge in [0.15, 0.2) is 0 Å². The van der Waals surface area contributed by atoms with Crippen LogP contribution in [-0.2, 0) is 33.9 Å². The van der Waals surface area contributed by atoms with E-state index in [1.165, 1.54) is 0 Å². The van der Waals surface area contributed by atoms with Crippen molar-refractivity contribution in [3.05, 3.63) is 0 Å². The van der Waals surface area contributed by atoms with E-state index in [4.69, 9.17) is 29.7 Å². The molecule has 14 heavy (non-hydrogen) atoms. The molecule has 0 bridgehead atoms. The Kier molecular flexibility index (Phi) is 47.4. The molecule has 2 N–H and O–H groups in total. The van der Waals surface area contributed by atoms with Gasteiger partial charge in [-0.1, -0.05) is 0 Å². The Morgan fingerprint density at radius 3 is 0.714 bits per heavy atom. The number of hydrogen-bond acceptors (Lipinski definition) is 6. The number of hydrogen-bond donors (Lipinski definition) is 0. The summed E-state index contributed by atoms with van der Waals surface area (Å²) in [5.41, 5.74) is 0. The Balaban J connectivity index is -0.0000000270. The van der Waals surface area contributed by atoms with Gasteiger partial charge < -0.3 is 35.2 Å². The zero-order valence-corrected chi connectivity index (χ0v) is 9.54. The van der Waals surface area contributed by atoms with Crippen LogP contribution in [0.3, 0.4) is 0 Å². The summed E-state index contributed by atoms with van der Waals surface area (Å²) in [5, 5.41) is 26.7. The summed E-state index contributed by atoms with van der Waals surface area (Å²) in [7, 11) is 0. The summed E-state index contributed by atoms with van der Waals surface area (Å²) in [6.07, 6.45) is 0. The third kappa shape index (κ3) is 1080. The molecule has 0 spiro atoms. The molecule has 0 aromatic heterocycles. The van der Waals surface area contributed by atoms with Crippen molar-refractivity contribution in [2.75, 3.05) is 0 Å². The number of carboxylic acid groups (broad SMARTS) is 3. The number of carboxylic acids is 3. The predicted molar refractivity (Wildman–Crippen MR) is 35.7 cm³/mol. The van der Waals surface area contributed by atoms with Crippen LogP contribution in [0, 0.1) is 0 Å². The summed E-state index contributed by atoms with van der Waals surface area (Å²) in [6, 6.07) is 0. The maximum Gasteiger partial charge on any atom is 3.00 e. The molecule has 0 saturated carbocycles. The van der Waals surface area contributed by atoms with Crippen molar-refractivity contribution in [3.8, 4) is 0 Å². The van der Waals surface area contributed by atoms with Crippen LogP contribution in [0.15, 0.2) is 0 Å². The molecule has 0 aliphatic rings. The Hall–Kier alpha value is -1.01. The quantitative estimate of drug-likeness (QED) is 0.410. The molecule has 0 fully saturated rings. The Morgan fingerprint density at radius 2 is 0.714 bits per heavy atom. The first-order valence-electron chi connectivity index (χ1n) is 2.72. The van der Waals surface area contributed by atoms with Gasteiger partial charge in [-0.25, -0.2) is 0 Å². The predicted octanol–water partition coefficient (Wildman–Crippen LogP) is -4.56. The van der Waals surface area contributed by atoms with E-state index in [0.29, 0.717) is 0 Å². The first kappa shape index (κ1) is 29.3. The molecule has 0 aliphatic carbocycles. The van der Waals surface area contributed by atoms with Gasteiger partial charge in [-0.3, -0.25) is 0 Å². The topological polar surface area (TPSA) is 152 Å². The van der Waals surface area contributed by atoms with Crippen molar-refractivity contribution < 1.29 is 54.7 Å². The molecule has 85 valence electrons. The van der Waals surface area contributed by atoms with Crippen LogP contribution in [0.1, 0.15) is 20.8 Å². The van der Waals surface area contributed by atoms with Gasteiger partial charge in [0, 0.05) is 17.9 Å². The minimum absolute atomic E-state index is 0. The van der Waals surface area contributed by atoms with Crippen LogP contribution >= 0.6 is 0 Å². The van der Waals surface area contributed by atoms with E-state index < -0.39 is 17.9 Å². The zero-order valence-electron chi connectivity index (χ0n) is 7.80. The van der Waals surface area contributed by atoms with Gasteiger partial charge in [-0.2, -0.15) is 0 Å². The first-order chi connectivity index (χ1) is 5.20. The fourth-order valence-electron chi connectivity index (χ4n) is 0. The summed E-state index contributed by atoms with van der Waals surface area (Å²) < 4.78 is 0. The molecule has 7 nitrogen and oxygen atoms in total. The van der Waals surface area contributed by atoms with Crippen molar-refractivity contribution in [1.82, 2.24) is 0 Å². The molecule has 0 aromatic carbocycles. The number of rotatable bonds is 0. The second kappa shape index (κ2) is 22.7. The first-order valence-corrected chi connectivity index (χ1v) is 2.72. The van der Waals surface area contributed by atoms with E-state index in [2.05, 4.69) is 0 Å². The van der Waals surface area contributed by atoms with Crippen LogP contribution in [0.2, 0.25) is 0 Å². The molecule has 0 heterocycles. The summed E-state index contributed by atoms with van der Waals surface area (Å²) >= 11 is 0. The van der Waals surface area contributed by atoms with E-state index in [1.807, 2.05) is 0 Å². The third-order valence-electron chi connectivity index (χ3n) is 0. The van der Waals surface area contributed by atoms with Gasteiger partial charge in [-0.05, 0) is 20.8 Å². The molecule has 0 unspecified atom stereocenters. The maximum atomic E-state index is 8.89. The van der Waals surface area contributed by atoms with Crippen molar-refractivity contribution in [1.29, 1.82) is 0 Å². The van der Waals surface area contributed by atoms with E-state index >= 15 is 0 Å².